The summed E-state index contributed by atoms with van der Waals surface area (Å²) >= 11 is 0. The molecule has 0 radical (unpaired) electrons. The number of esters is 1. The van der Waals surface area contributed by atoms with Crippen molar-refractivity contribution in [2.75, 3.05) is 13.2 Å². The van der Waals surface area contributed by atoms with Crippen molar-refractivity contribution in [1.82, 2.24) is 5.32 Å². The van der Waals surface area contributed by atoms with Crippen LogP contribution in [0.5, 0.6) is 0 Å². The number of alkyl carbamates (subject to hydrolysis) is 1. The maximum absolute atomic E-state index is 11.4. The van der Waals surface area contributed by atoms with Gasteiger partial charge in [0.05, 0.1) is 0 Å². The van der Waals surface area contributed by atoms with Gasteiger partial charge in [-0.05, 0) is 52.5 Å². The summed E-state index contributed by atoms with van der Waals surface area (Å²) in [5.41, 5.74) is 0.795. The second-order valence-electron chi connectivity index (χ2n) is 5.96. The van der Waals surface area contributed by atoms with Crippen LogP contribution >= 0.6 is 0 Å². The van der Waals surface area contributed by atoms with Gasteiger partial charge in [-0.3, -0.25) is 4.79 Å². The molecule has 0 atom stereocenters. The first-order chi connectivity index (χ1) is 9.37. The normalized spacial score (nSPS) is 15.4. The van der Waals surface area contributed by atoms with E-state index in [0.717, 1.165) is 12.8 Å². The minimum atomic E-state index is -0.611. The fourth-order valence-corrected chi connectivity index (χ4v) is 1.97. The van der Waals surface area contributed by atoms with Crippen LogP contribution in [-0.2, 0) is 14.3 Å². The third-order valence-corrected chi connectivity index (χ3v) is 2.89. The molecule has 0 aliphatic heterocycles. The summed E-state index contributed by atoms with van der Waals surface area (Å²) < 4.78 is 10.1. The average molecular weight is 283 g/mol. The van der Waals surface area contributed by atoms with Gasteiger partial charge in [-0.15, -0.1) is 0 Å². The van der Waals surface area contributed by atoms with Gasteiger partial charge in [0, 0.05) is 0 Å². The van der Waals surface area contributed by atoms with Gasteiger partial charge in [-0.25, -0.2) is 4.79 Å². The molecule has 0 aromatic rings. The van der Waals surface area contributed by atoms with Crippen molar-refractivity contribution in [2.45, 2.75) is 58.5 Å². The van der Waals surface area contributed by atoms with Gasteiger partial charge in [0.1, 0.15) is 18.8 Å². The zero-order valence-corrected chi connectivity index (χ0v) is 12.7. The van der Waals surface area contributed by atoms with Crippen molar-refractivity contribution in [3.05, 3.63) is 11.6 Å². The maximum Gasteiger partial charge on any atom is 0.408 e. The molecule has 0 bridgehead atoms. The molecular formula is C15H25NO4. The van der Waals surface area contributed by atoms with Crippen LogP contribution in [-0.4, -0.2) is 30.8 Å². The number of hydrogen-bond acceptors (Lipinski definition) is 4. The van der Waals surface area contributed by atoms with Crippen LogP contribution in [0.25, 0.3) is 0 Å². The molecule has 0 aromatic heterocycles. The maximum atomic E-state index is 11.4. The Kier molecular flexibility index (Phi) is 6.55. The Morgan fingerprint density at radius 2 is 1.85 bits per heavy atom. The molecule has 0 unspecified atom stereocenters. The minimum absolute atomic E-state index is 0.169. The summed E-state index contributed by atoms with van der Waals surface area (Å²) in [6, 6.07) is 0. The molecule has 1 amide bonds. The van der Waals surface area contributed by atoms with E-state index in [9.17, 15) is 9.59 Å². The fourth-order valence-electron chi connectivity index (χ4n) is 1.97. The van der Waals surface area contributed by atoms with E-state index in [-0.39, 0.29) is 13.2 Å². The first-order valence-electron chi connectivity index (χ1n) is 7.17. The highest BCUT2D eigenvalue weighted by atomic mass is 16.6. The van der Waals surface area contributed by atoms with Crippen molar-refractivity contribution >= 4 is 12.1 Å². The Hall–Kier alpha value is -1.52. The van der Waals surface area contributed by atoms with Gasteiger partial charge in [-0.1, -0.05) is 12.0 Å². The third-order valence-electron chi connectivity index (χ3n) is 2.89. The molecule has 0 spiro atoms. The summed E-state index contributed by atoms with van der Waals surface area (Å²) in [5, 5.41) is 2.37. The lowest BCUT2D eigenvalue weighted by atomic mass is 9.95. The highest BCUT2D eigenvalue weighted by Crippen LogP contribution is 2.22. The van der Waals surface area contributed by atoms with Crippen molar-refractivity contribution in [3.8, 4) is 0 Å². The van der Waals surface area contributed by atoms with Gasteiger partial charge in [0.25, 0.3) is 0 Å². The largest absolute Gasteiger partial charge is 0.460 e. The van der Waals surface area contributed by atoms with E-state index in [1.54, 1.807) is 20.8 Å². The van der Waals surface area contributed by atoms with E-state index >= 15 is 0 Å². The lowest BCUT2D eigenvalue weighted by Crippen LogP contribution is -2.36. The molecule has 1 rings (SSSR count). The zero-order valence-electron chi connectivity index (χ0n) is 12.7. The molecule has 0 heterocycles. The number of rotatable bonds is 4. The Morgan fingerprint density at radius 1 is 1.20 bits per heavy atom. The van der Waals surface area contributed by atoms with Crippen LogP contribution in [0.15, 0.2) is 11.6 Å². The quantitative estimate of drug-likeness (QED) is 0.636. The zero-order chi connectivity index (χ0) is 15.0. The number of allylic oxidation sites excluding steroid dienone is 1. The second-order valence-corrected chi connectivity index (χ2v) is 5.96. The van der Waals surface area contributed by atoms with Gasteiger partial charge in [0.2, 0.25) is 0 Å². The molecule has 1 aliphatic rings. The number of carbonyl (C=O) groups excluding carboxylic acids is 2. The Bertz CT molecular complexity index is 361. The summed E-state index contributed by atoms with van der Waals surface area (Å²) in [5.74, 6) is -0.455. The molecule has 0 aromatic carbocycles. The number of ether oxygens (including phenoxy) is 2. The second kappa shape index (κ2) is 7.92. The Balaban J connectivity index is 2.15. The van der Waals surface area contributed by atoms with E-state index in [0.29, 0.717) is 0 Å². The Labute approximate surface area is 120 Å². The Morgan fingerprint density at radius 3 is 2.45 bits per heavy atom. The van der Waals surface area contributed by atoms with Crippen molar-refractivity contribution in [1.29, 1.82) is 0 Å². The van der Waals surface area contributed by atoms with E-state index in [2.05, 4.69) is 5.32 Å². The van der Waals surface area contributed by atoms with Gasteiger partial charge >= 0.3 is 12.1 Å². The summed E-state index contributed by atoms with van der Waals surface area (Å²) in [6.45, 7) is 5.41. The van der Waals surface area contributed by atoms with E-state index < -0.39 is 17.7 Å². The predicted octanol–water partition coefficient (Wildman–Crippen LogP) is 2.94. The molecule has 20 heavy (non-hydrogen) atoms. The smallest absolute Gasteiger partial charge is 0.408 e. The molecule has 5 nitrogen and oxygen atoms in total. The summed E-state index contributed by atoms with van der Waals surface area (Å²) in [4.78, 5) is 22.8. The van der Waals surface area contributed by atoms with Crippen LogP contribution in [0.2, 0.25) is 0 Å². The lowest BCUT2D eigenvalue weighted by Gasteiger charge is -2.19. The summed E-state index contributed by atoms with van der Waals surface area (Å²) in [7, 11) is 0. The number of carbonyl (C=O) groups is 2. The topological polar surface area (TPSA) is 64.6 Å². The van der Waals surface area contributed by atoms with E-state index in [1.807, 2.05) is 6.08 Å². The van der Waals surface area contributed by atoms with Gasteiger partial charge in [-0.2, -0.15) is 0 Å². The standard InChI is InChI=1S/C15H25NO4/c1-15(2,3)20-14(18)16-11-13(17)19-10-9-12-7-5-4-6-8-12/h9H,4-8,10-11H2,1-3H3,(H,16,18). The van der Waals surface area contributed by atoms with Crippen molar-refractivity contribution in [3.63, 3.8) is 0 Å². The molecule has 0 saturated heterocycles. The first-order valence-corrected chi connectivity index (χ1v) is 7.17. The van der Waals surface area contributed by atoms with Gasteiger partial charge < -0.3 is 14.8 Å². The van der Waals surface area contributed by atoms with E-state index in [1.165, 1.54) is 24.8 Å². The number of amides is 1. The lowest BCUT2D eigenvalue weighted by molar-refractivity contribution is -0.141. The molecular weight excluding hydrogens is 258 g/mol. The van der Waals surface area contributed by atoms with Crippen molar-refractivity contribution < 1.29 is 19.1 Å². The van der Waals surface area contributed by atoms with E-state index in [4.69, 9.17) is 9.47 Å². The van der Waals surface area contributed by atoms with Crippen LogP contribution in [0.4, 0.5) is 4.79 Å². The fraction of sp³-hybridized carbons (Fsp3) is 0.733. The number of nitrogens with one attached hydrogen (secondary N) is 1. The van der Waals surface area contributed by atoms with Crippen LogP contribution in [0.1, 0.15) is 52.9 Å². The first kappa shape index (κ1) is 16.5. The average Bonchev–Trinajstić information content (AvgIpc) is 2.36. The molecule has 114 valence electrons. The molecule has 1 saturated carbocycles. The summed E-state index contributed by atoms with van der Waals surface area (Å²) in [6.07, 6.45) is 7.31. The van der Waals surface area contributed by atoms with Crippen LogP contribution in [0.3, 0.4) is 0 Å². The van der Waals surface area contributed by atoms with Gasteiger partial charge in [0.15, 0.2) is 0 Å². The van der Waals surface area contributed by atoms with Crippen molar-refractivity contribution in [2.24, 2.45) is 0 Å². The molecule has 1 N–H and O–H groups in total. The SMILES string of the molecule is CC(C)(C)OC(=O)NCC(=O)OCC=C1CCCCC1. The molecule has 5 heteroatoms. The third kappa shape index (κ3) is 7.81. The molecule has 1 fully saturated rings. The highest BCUT2D eigenvalue weighted by Gasteiger charge is 2.16. The predicted molar refractivity (Wildman–Crippen MR) is 76.4 cm³/mol. The van der Waals surface area contributed by atoms with Crippen LogP contribution in [0, 0.1) is 0 Å². The van der Waals surface area contributed by atoms with Crippen LogP contribution < -0.4 is 5.32 Å². The number of hydrogen-bond donors (Lipinski definition) is 1. The highest BCUT2D eigenvalue weighted by molar-refractivity contribution is 5.78. The minimum Gasteiger partial charge on any atom is -0.460 e. The molecule has 1 aliphatic carbocycles. The monoisotopic (exact) mass is 283 g/mol.